The van der Waals surface area contributed by atoms with Crippen molar-refractivity contribution >= 4 is 0 Å². The van der Waals surface area contributed by atoms with Crippen LogP contribution >= 0.6 is 0 Å². The molecular weight excluding hydrogens is 457 g/mol. The average Bonchev–Trinajstić information content (AvgIpc) is 3.37. The summed E-state index contributed by atoms with van der Waals surface area (Å²) in [6.45, 7) is 8.17. The summed E-state index contributed by atoms with van der Waals surface area (Å²) in [7, 11) is 1.61. The molecule has 0 spiro atoms. The molecule has 10 heteroatoms. The lowest BCUT2D eigenvalue weighted by Crippen LogP contribution is -2.37. The SMILES string of the molecule is COc1cc(-c2cn(C3C[C@@H](C(C)(C)C)CCN(CC(F)(F)F)C3)nn2)ccc1-n1cnc(C)c1. The van der Waals surface area contributed by atoms with Crippen molar-refractivity contribution in [2.45, 2.75) is 52.8 Å². The molecular formula is C25H33F3N6O. The highest BCUT2D eigenvalue weighted by molar-refractivity contribution is 5.64. The van der Waals surface area contributed by atoms with Gasteiger partial charge in [-0.2, -0.15) is 13.2 Å². The summed E-state index contributed by atoms with van der Waals surface area (Å²) in [6, 6.07) is 5.56. The predicted octanol–water partition coefficient (Wildman–Crippen LogP) is 5.31. The minimum atomic E-state index is -4.23. The van der Waals surface area contributed by atoms with Gasteiger partial charge in [-0.05, 0) is 49.8 Å². The van der Waals surface area contributed by atoms with Crippen molar-refractivity contribution in [2.24, 2.45) is 11.3 Å². The van der Waals surface area contributed by atoms with E-state index in [2.05, 4.69) is 36.1 Å². The highest BCUT2D eigenvalue weighted by atomic mass is 19.4. The number of nitrogens with zero attached hydrogens (tertiary/aromatic N) is 6. The Balaban J connectivity index is 1.61. The molecule has 1 saturated heterocycles. The van der Waals surface area contributed by atoms with Gasteiger partial charge in [0.05, 0.1) is 43.6 Å². The second-order valence-electron chi connectivity index (χ2n) is 10.5. The van der Waals surface area contributed by atoms with Crippen molar-refractivity contribution < 1.29 is 17.9 Å². The van der Waals surface area contributed by atoms with E-state index in [-0.39, 0.29) is 23.9 Å². The zero-order chi connectivity index (χ0) is 25.4. The van der Waals surface area contributed by atoms with Crippen LogP contribution in [0.4, 0.5) is 13.2 Å². The van der Waals surface area contributed by atoms with Crippen LogP contribution in [0.15, 0.2) is 36.9 Å². The van der Waals surface area contributed by atoms with Crippen molar-refractivity contribution in [1.29, 1.82) is 0 Å². The first-order chi connectivity index (χ1) is 16.4. The van der Waals surface area contributed by atoms with Gasteiger partial charge in [-0.15, -0.1) is 5.10 Å². The van der Waals surface area contributed by atoms with Crippen LogP contribution in [0.2, 0.25) is 0 Å². The lowest BCUT2D eigenvalue weighted by Gasteiger charge is -2.31. The molecule has 2 atom stereocenters. The molecule has 35 heavy (non-hydrogen) atoms. The number of hydrogen-bond donors (Lipinski definition) is 0. The molecule has 1 aromatic carbocycles. The predicted molar refractivity (Wildman–Crippen MR) is 128 cm³/mol. The third kappa shape index (κ3) is 6.04. The zero-order valence-corrected chi connectivity index (χ0v) is 20.9. The van der Waals surface area contributed by atoms with Gasteiger partial charge in [-0.3, -0.25) is 4.90 Å². The Hall–Kier alpha value is -2.88. The number of aryl methyl sites for hydroxylation is 1. The van der Waals surface area contributed by atoms with E-state index in [1.165, 1.54) is 4.90 Å². The summed E-state index contributed by atoms with van der Waals surface area (Å²) in [5, 5.41) is 8.71. The van der Waals surface area contributed by atoms with Gasteiger partial charge in [0.2, 0.25) is 0 Å². The molecule has 2 aromatic heterocycles. The molecule has 4 rings (SSSR count). The van der Waals surface area contributed by atoms with Crippen molar-refractivity contribution in [3.8, 4) is 22.7 Å². The quantitative estimate of drug-likeness (QED) is 0.485. The van der Waals surface area contributed by atoms with Crippen molar-refractivity contribution in [1.82, 2.24) is 29.4 Å². The third-order valence-electron chi connectivity index (χ3n) is 6.80. The van der Waals surface area contributed by atoms with Crippen LogP contribution in [0.3, 0.4) is 0 Å². The Bertz CT molecular complexity index is 1150. The number of aromatic nitrogens is 5. The topological polar surface area (TPSA) is 61.0 Å². The molecule has 1 aliphatic rings. The maximum Gasteiger partial charge on any atom is 0.401 e. The smallest absolute Gasteiger partial charge is 0.401 e. The molecule has 7 nitrogen and oxygen atoms in total. The van der Waals surface area contributed by atoms with E-state index >= 15 is 0 Å². The standard InChI is InChI=1S/C25H33F3N6O/c1-17-12-33(16-29-17)22-7-6-18(10-23(22)35-5)21-14-34(31-30-21)20-11-19(24(2,3)4)8-9-32(13-20)15-25(26,27)28/h6-7,10,12,14,16,19-20H,8-9,11,13,15H2,1-5H3/t19-,20?/m0/s1. The van der Waals surface area contributed by atoms with E-state index in [1.54, 1.807) is 18.1 Å². The third-order valence-corrected chi connectivity index (χ3v) is 6.80. The fourth-order valence-electron chi connectivity index (χ4n) is 4.81. The number of halogens is 3. The minimum absolute atomic E-state index is 0.00915. The highest BCUT2D eigenvalue weighted by Crippen LogP contribution is 2.38. The van der Waals surface area contributed by atoms with E-state index in [4.69, 9.17) is 4.74 Å². The van der Waals surface area contributed by atoms with Gasteiger partial charge in [0, 0.05) is 18.3 Å². The number of methoxy groups -OCH3 is 1. The first kappa shape index (κ1) is 25.2. The summed E-state index contributed by atoms with van der Waals surface area (Å²) < 4.78 is 48.8. The first-order valence-corrected chi connectivity index (χ1v) is 11.8. The summed E-state index contributed by atoms with van der Waals surface area (Å²) in [5.74, 6) is 0.935. The van der Waals surface area contributed by atoms with Gasteiger partial charge in [-0.1, -0.05) is 32.1 Å². The molecule has 0 amide bonds. The van der Waals surface area contributed by atoms with Crippen molar-refractivity contribution in [3.63, 3.8) is 0 Å². The van der Waals surface area contributed by atoms with E-state index in [9.17, 15) is 13.2 Å². The van der Waals surface area contributed by atoms with Gasteiger partial charge in [0.1, 0.15) is 11.4 Å². The maximum absolute atomic E-state index is 13.2. The van der Waals surface area contributed by atoms with Crippen LogP contribution in [0.1, 0.15) is 45.3 Å². The van der Waals surface area contributed by atoms with Gasteiger partial charge in [0.25, 0.3) is 0 Å². The first-order valence-electron chi connectivity index (χ1n) is 11.8. The summed E-state index contributed by atoms with van der Waals surface area (Å²) in [6.07, 6.45) is 2.72. The van der Waals surface area contributed by atoms with Crippen LogP contribution in [0.5, 0.6) is 5.75 Å². The van der Waals surface area contributed by atoms with Crippen LogP contribution < -0.4 is 4.74 Å². The number of rotatable bonds is 5. The Morgan fingerprint density at radius 1 is 1.14 bits per heavy atom. The zero-order valence-electron chi connectivity index (χ0n) is 20.9. The number of likely N-dealkylation sites (tertiary alicyclic amines) is 1. The average molecular weight is 491 g/mol. The minimum Gasteiger partial charge on any atom is -0.495 e. The number of alkyl halides is 3. The van der Waals surface area contributed by atoms with Crippen LogP contribution in [-0.2, 0) is 0 Å². The Morgan fingerprint density at radius 2 is 1.91 bits per heavy atom. The lowest BCUT2D eigenvalue weighted by molar-refractivity contribution is -0.146. The molecule has 3 aromatic rings. The van der Waals surface area contributed by atoms with Gasteiger partial charge >= 0.3 is 6.18 Å². The van der Waals surface area contributed by atoms with E-state index < -0.39 is 12.7 Å². The summed E-state index contributed by atoms with van der Waals surface area (Å²) >= 11 is 0. The van der Waals surface area contributed by atoms with Crippen LogP contribution in [0, 0.1) is 18.3 Å². The van der Waals surface area contributed by atoms with Crippen molar-refractivity contribution in [3.05, 3.63) is 42.6 Å². The van der Waals surface area contributed by atoms with Crippen molar-refractivity contribution in [2.75, 3.05) is 26.7 Å². The molecule has 1 aliphatic heterocycles. The van der Waals surface area contributed by atoms with Gasteiger partial charge < -0.3 is 9.30 Å². The normalized spacial score (nSPS) is 20.1. The van der Waals surface area contributed by atoms with E-state index in [1.807, 2.05) is 42.1 Å². The largest absolute Gasteiger partial charge is 0.495 e. The second-order valence-corrected chi connectivity index (χ2v) is 10.5. The summed E-state index contributed by atoms with van der Waals surface area (Å²) in [4.78, 5) is 5.77. The second kappa shape index (κ2) is 9.64. The molecule has 1 unspecified atom stereocenters. The summed E-state index contributed by atoms with van der Waals surface area (Å²) in [5.41, 5.74) is 3.21. The van der Waals surface area contributed by atoms with Gasteiger partial charge in [0.15, 0.2) is 0 Å². The fraction of sp³-hybridized carbons (Fsp3) is 0.560. The lowest BCUT2D eigenvalue weighted by atomic mass is 9.76. The Labute approximate surface area is 203 Å². The molecule has 0 aliphatic carbocycles. The van der Waals surface area contributed by atoms with Gasteiger partial charge in [-0.25, -0.2) is 9.67 Å². The maximum atomic E-state index is 13.2. The number of imidazole rings is 1. The number of benzene rings is 1. The Morgan fingerprint density at radius 3 is 2.54 bits per heavy atom. The van der Waals surface area contributed by atoms with Crippen LogP contribution in [-0.4, -0.2) is 62.4 Å². The molecule has 0 bridgehead atoms. The Kier molecular flexibility index (Phi) is 6.95. The van der Waals surface area contributed by atoms with Crippen LogP contribution in [0.25, 0.3) is 16.9 Å². The molecule has 0 N–H and O–H groups in total. The fourth-order valence-corrected chi connectivity index (χ4v) is 4.81. The number of hydrogen-bond acceptors (Lipinski definition) is 5. The van der Waals surface area contributed by atoms with E-state index in [0.29, 0.717) is 18.0 Å². The molecule has 1 fully saturated rings. The van der Waals surface area contributed by atoms with E-state index in [0.717, 1.165) is 29.8 Å². The monoisotopic (exact) mass is 490 g/mol. The number of ether oxygens (including phenoxy) is 1. The molecule has 0 saturated carbocycles. The molecule has 190 valence electrons. The molecule has 3 heterocycles. The molecule has 0 radical (unpaired) electrons. The highest BCUT2D eigenvalue weighted by Gasteiger charge is 2.37.